The highest BCUT2D eigenvalue weighted by molar-refractivity contribution is 5.50. The van der Waals surface area contributed by atoms with E-state index in [2.05, 4.69) is 41.0 Å². The fraction of sp³-hybridized carbons (Fsp3) is 0.391. The van der Waals surface area contributed by atoms with Crippen LogP contribution >= 0.6 is 0 Å². The van der Waals surface area contributed by atoms with Crippen molar-refractivity contribution in [1.82, 2.24) is 35.7 Å². The third-order valence-electron chi connectivity index (χ3n) is 6.58. The summed E-state index contributed by atoms with van der Waals surface area (Å²) in [4.78, 5) is 8.56. The molecule has 3 aromatic heterocycles. The molecule has 0 bridgehead atoms. The van der Waals surface area contributed by atoms with Gasteiger partial charge in [-0.05, 0) is 55.5 Å². The van der Waals surface area contributed by atoms with Gasteiger partial charge in [0.1, 0.15) is 0 Å². The molecule has 2 atom stereocenters. The SMILES string of the molecule is Fc1cc2c(cc1F)CC(Nc1ncc(-c3nnc(C4CC(c5nnc(C(F)(F)F)o5)CCN4)o3)cn1)C2. The summed E-state index contributed by atoms with van der Waals surface area (Å²) in [5, 5.41) is 21.1. The van der Waals surface area contributed by atoms with Gasteiger partial charge in [0.05, 0.1) is 11.6 Å². The van der Waals surface area contributed by atoms with E-state index in [-0.39, 0.29) is 23.7 Å². The van der Waals surface area contributed by atoms with Crippen molar-refractivity contribution in [2.75, 3.05) is 11.9 Å². The number of nitrogens with zero attached hydrogens (tertiary/aromatic N) is 6. The Labute approximate surface area is 211 Å². The van der Waals surface area contributed by atoms with Crippen molar-refractivity contribution in [3.05, 3.63) is 65.0 Å². The second-order valence-corrected chi connectivity index (χ2v) is 9.20. The van der Waals surface area contributed by atoms with Gasteiger partial charge in [-0.25, -0.2) is 18.7 Å². The predicted molar refractivity (Wildman–Crippen MR) is 119 cm³/mol. The lowest BCUT2D eigenvalue weighted by atomic mass is 9.92. The van der Waals surface area contributed by atoms with Crippen molar-refractivity contribution < 1.29 is 30.8 Å². The molecule has 4 aromatic rings. The first-order chi connectivity index (χ1) is 18.2. The Morgan fingerprint density at radius 3 is 2.24 bits per heavy atom. The van der Waals surface area contributed by atoms with Gasteiger partial charge in [-0.15, -0.1) is 20.4 Å². The fourth-order valence-corrected chi connectivity index (χ4v) is 4.75. The van der Waals surface area contributed by atoms with Crippen LogP contribution in [0.2, 0.25) is 0 Å². The summed E-state index contributed by atoms with van der Waals surface area (Å²) in [7, 11) is 0. The Morgan fingerprint density at radius 1 is 0.895 bits per heavy atom. The number of anilines is 1. The van der Waals surface area contributed by atoms with Crippen LogP contribution < -0.4 is 10.6 Å². The number of halogens is 5. The minimum atomic E-state index is -4.70. The Hall–Kier alpha value is -4.01. The average molecular weight is 534 g/mol. The fourth-order valence-electron chi connectivity index (χ4n) is 4.75. The summed E-state index contributed by atoms with van der Waals surface area (Å²) in [5.74, 6) is -2.83. The van der Waals surface area contributed by atoms with E-state index >= 15 is 0 Å². The highest BCUT2D eigenvalue weighted by atomic mass is 19.4. The minimum absolute atomic E-state index is 0.0827. The van der Waals surface area contributed by atoms with Crippen LogP contribution in [0.1, 0.15) is 53.6 Å². The molecule has 1 fully saturated rings. The number of aromatic nitrogens is 6. The molecule has 15 heteroatoms. The number of rotatable bonds is 5. The Balaban J connectivity index is 1.09. The van der Waals surface area contributed by atoms with Crippen molar-refractivity contribution in [3.63, 3.8) is 0 Å². The summed E-state index contributed by atoms with van der Waals surface area (Å²) >= 11 is 0. The molecule has 1 aliphatic carbocycles. The van der Waals surface area contributed by atoms with E-state index in [0.29, 0.717) is 43.7 Å². The van der Waals surface area contributed by atoms with Crippen molar-refractivity contribution in [1.29, 1.82) is 0 Å². The van der Waals surface area contributed by atoms with Gasteiger partial charge in [-0.1, -0.05) is 0 Å². The van der Waals surface area contributed by atoms with E-state index in [1.807, 2.05) is 0 Å². The number of fused-ring (bicyclic) bond motifs is 1. The highest BCUT2D eigenvalue weighted by Crippen LogP contribution is 2.36. The molecule has 2 unspecified atom stereocenters. The van der Waals surface area contributed by atoms with Crippen LogP contribution in [0.3, 0.4) is 0 Å². The molecule has 4 heterocycles. The predicted octanol–water partition coefficient (Wildman–Crippen LogP) is 3.99. The lowest BCUT2D eigenvalue weighted by Crippen LogP contribution is -2.31. The normalized spacial score (nSPS) is 20.0. The number of benzene rings is 1. The van der Waals surface area contributed by atoms with Crippen molar-refractivity contribution >= 4 is 5.95 Å². The molecule has 0 radical (unpaired) electrons. The standard InChI is InChI=1S/C23H19F5N8O2/c24-15-5-11-3-14(4-12(11)6-16(15)25)32-22-30-8-13(9-31-22)19-33-35-20(37-19)17-7-10(1-2-29-17)18-34-36-21(38-18)23(26,27)28/h5-6,8-10,14,17,29H,1-4,7H2,(H,30,31,32). The van der Waals surface area contributed by atoms with Crippen LogP contribution in [0.5, 0.6) is 0 Å². The summed E-state index contributed by atoms with van der Waals surface area (Å²) in [6.07, 6.45) is 0.174. The average Bonchev–Trinajstić information content (AvgIpc) is 3.65. The first-order valence-electron chi connectivity index (χ1n) is 11.8. The summed E-state index contributed by atoms with van der Waals surface area (Å²) in [5.41, 5.74) is 1.96. The molecule has 198 valence electrons. The topological polar surface area (TPSA) is 128 Å². The molecule has 0 amide bonds. The van der Waals surface area contributed by atoms with E-state index in [0.717, 1.165) is 11.1 Å². The van der Waals surface area contributed by atoms with Crippen molar-refractivity contribution in [3.8, 4) is 11.5 Å². The van der Waals surface area contributed by atoms with Gasteiger partial charge in [0.15, 0.2) is 11.6 Å². The Morgan fingerprint density at radius 2 is 1.58 bits per heavy atom. The third kappa shape index (κ3) is 4.80. The second kappa shape index (κ2) is 9.38. The first-order valence-corrected chi connectivity index (χ1v) is 11.8. The van der Waals surface area contributed by atoms with Crippen LogP contribution in [0.15, 0.2) is 33.4 Å². The smallest absolute Gasteiger partial charge is 0.419 e. The zero-order chi connectivity index (χ0) is 26.4. The zero-order valence-electron chi connectivity index (χ0n) is 19.5. The number of hydrogen-bond acceptors (Lipinski definition) is 10. The quantitative estimate of drug-likeness (QED) is 0.363. The van der Waals surface area contributed by atoms with Gasteiger partial charge in [0.25, 0.3) is 5.89 Å². The summed E-state index contributed by atoms with van der Waals surface area (Å²) < 4.78 is 76.0. The molecular formula is C23H19F5N8O2. The van der Waals surface area contributed by atoms with Gasteiger partial charge in [0, 0.05) is 24.4 Å². The lowest BCUT2D eigenvalue weighted by Gasteiger charge is -2.25. The summed E-state index contributed by atoms with van der Waals surface area (Å²) in [6.45, 7) is 0.477. The molecule has 38 heavy (non-hydrogen) atoms. The van der Waals surface area contributed by atoms with Crippen molar-refractivity contribution in [2.45, 2.75) is 49.9 Å². The molecule has 0 spiro atoms. The first kappa shape index (κ1) is 24.3. The maximum absolute atomic E-state index is 13.5. The third-order valence-corrected chi connectivity index (χ3v) is 6.58. The summed E-state index contributed by atoms with van der Waals surface area (Å²) in [6, 6.07) is 1.91. The molecule has 1 aliphatic heterocycles. The van der Waals surface area contributed by atoms with Gasteiger partial charge in [-0.2, -0.15) is 13.2 Å². The van der Waals surface area contributed by atoms with E-state index < -0.39 is 35.7 Å². The molecule has 2 N–H and O–H groups in total. The molecule has 1 saturated heterocycles. The molecule has 0 saturated carbocycles. The molecule has 10 nitrogen and oxygen atoms in total. The van der Waals surface area contributed by atoms with Gasteiger partial charge < -0.3 is 19.5 Å². The highest BCUT2D eigenvalue weighted by Gasteiger charge is 2.40. The lowest BCUT2D eigenvalue weighted by molar-refractivity contribution is -0.157. The zero-order valence-corrected chi connectivity index (χ0v) is 19.5. The van der Waals surface area contributed by atoms with E-state index in [1.54, 1.807) is 0 Å². The van der Waals surface area contributed by atoms with Crippen molar-refractivity contribution in [2.24, 2.45) is 0 Å². The van der Waals surface area contributed by atoms with Crippen LogP contribution in [-0.2, 0) is 19.0 Å². The largest absolute Gasteiger partial charge is 0.470 e. The van der Waals surface area contributed by atoms with Crippen LogP contribution in [0, 0.1) is 11.6 Å². The number of piperidine rings is 1. The molecule has 1 aromatic carbocycles. The van der Waals surface area contributed by atoms with Crippen LogP contribution in [-0.4, -0.2) is 42.9 Å². The molecule has 6 rings (SSSR count). The van der Waals surface area contributed by atoms with Crippen LogP contribution in [0.4, 0.5) is 27.9 Å². The van der Waals surface area contributed by atoms with E-state index in [9.17, 15) is 22.0 Å². The maximum atomic E-state index is 13.5. The number of alkyl halides is 3. The monoisotopic (exact) mass is 534 g/mol. The van der Waals surface area contributed by atoms with Crippen LogP contribution in [0.25, 0.3) is 11.5 Å². The second-order valence-electron chi connectivity index (χ2n) is 9.20. The Bertz CT molecular complexity index is 1420. The van der Waals surface area contributed by atoms with E-state index in [4.69, 9.17) is 8.83 Å². The Kier molecular flexibility index (Phi) is 6.01. The molecular weight excluding hydrogens is 515 g/mol. The minimum Gasteiger partial charge on any atom is -0.419 e. The van der Waals surface area contributed by atoms with E-state index in [1.165, 1.54) is 24.5 Å². The maximum Gasteiger partial charge on any atom is 0.470 e. The number of nitrogens with one attached hydrogen (secondary N) is 2. The molecule has 2 aliphatic rings. The van der Waals surface area contributed by atoms with Gasteiger partial charge in [0.2, 0.25) is 17.7 Å². The van der Waals surface area contributed by atoms with Gasteiger partial charge in [-0.3, -0.25) is 0 Å². The number of hydrogen-bond donors (Lipinski definition) is 2. The van der Waals surface area contributed by atoms with Gasteiger partial charge >= 0.3 is 12.1 Å².